The van der Waals surface area contributed by atoms with Crippen molar-refractivity contribution >= 4 is 11.8 Å². The van der Waals surface area contributed by atoms with Crippen molar-refractivity contribution in [2.24, 2.45) is 5.73 Å². The number of hydrogen-bond donors (Lipinski definition) is 3. The predicted octanol–water partition coefficient (Wildman–Crippen LogP) is 0.619. The van der Waals surface area contributed by atoms with Gasteiger partial charge in [-0.15, -0.1) is 0 Å². The van der Waals surface area contributed by atoms with E-state index in [0.29, 0.717) is 30.6 Å². The summed E-state index contributed by atoms with van der Waals surface area (Å²) in [6, 6.07) is 8.81. The fourth-order valence-electron chi connectivity index (χ4n) is 3.38. The van der Waals surface area contributed by atoms with Gasteiger partial charge in [-0.05, 0) is 50.5 Å². The molecule has 1 aromatic carbocycles. The van der Waals surface area contributed by atoms with Gasteiger partial charge in [-0.2, -0.15) is 5.10 Å². The molecule has 8 nitrogen and oxygen atoms in total. The van der Waals surface area contributed by atoms with Gasteiger partial charge in [0.15, 0.2) is 5.69 Å². The number of likely N-dealkylation sites (N-methyl/N-ethyl adjacent to an activating group) is 1. The maximum Gasteiger partial charge on any atom is 0.269 e. The van der Waals surface area contributed by atoms with Crippen LogP contribution in [0.3, 0.4) is 0 Å². The Labute approximate surface area is 175 Å². The second-order valence-electron chi connectivity index (χ2n) is 7.68. The van der Waals surface area contributed by atoms with Gasteiger partial charge in [0.25, 0.3) is 11.8 Å². The third-order valence-corrected chi connectivity index (χ3v) is 5.10. The van der Waals surface area contributed by atoms with Crippen LogP contribution in [0.5, 0.6) is 0 Å². The van der Waals surface area contributed by atoms with Crippen LogP contribution in [0, 0.1) is 11.8 Å². The Hall–Kier alpha value is -3.15. The highest BCUT2D eigenvalue weighted by Crippen LogP contribution is 2.21. The number of rotatable bonds is 6. The van der Waals surface area contributed by atoms with E-state index >= 15 is 0 Å². The molecule has 8 heteroatoms. The smallest absolute Gasteiger partial charge is 0.269 e. The van der Waals surface area contributed by atoms with Crippen molar-refractivity contribution in [3.63, 3.8) is 0 Å². The molecular weight excluding hydrogens is 384 g/mol. The monoisotopic (exact) mass is 410 g/mol. The lowest BCUT2D eigenvalue weighted by Crippen LogP contribution is -2.37. The molecule has 0 saturated carbocycles. The number of carbonyl (C=O) groups is 2. The zero-order valence-corrected chi connectivity index (χ0v) is 17.1. The maximum absolute atomic E-state index is 12.1. The normalized spacial score (nSPS) is 19.5. The van der Waals surface area contributed by atoms with Gasteiger partial charge >= 0.3 is 0 Å². The van der Waals surface area contributed by atoms with Crippen molar-refractivity contribution in [1.82, 2.24) is 14.7 Å². The van der Waals surface area contributed by atoms with E-state index in [4.69, 9.17) is 5.73 Å². The van der Waals surface area contributed by atoms with Gasteiger partial charge in [-0.1, -0.05) is 17.9 Å². The van der Waals surface area contributed by atoms with E-state index in [0.717, 1.165) is 12.1 Å². The van der Waals surface area contributed by atoms with Crippen LogP contribution in [-0.2, 0) is 11.2 Å². The Bertz CT molecular complexity index is 1020. The molecule has 3 rings (SSSR count). The Balaban J connectivity index is 1.90. The van der Waals surface area contributed by atoms with Crippen LogP contribution in [0.1, 0.15) is 47.9 Å². The topological polar surface area (TPSA) is 122 Å². The van der Waals surface area contributed by atoms with E-state index in [1.54, 1.807) is 42.9 Å². The number of benzene rings is 1. The largest absolute Gasteiger partial charge is 0.393 e. The van der Waals surface area contributed by atoms with Crippen LogP contribution >= 0.6 is 0 Å². The average molecular weight is 410 g/mol. The first-order valence-electron chi connectivity index (χ1n) is 9.88. The number of carbonyl (C=O) groups excluding carboxylic acids is 2. The summed E-state index contributed by atoms with van der Waals surface area (Å²) in [5, 5.41) is 24.3. The summed E-state index contributed by atoms with van der Waals surface area (Å²) >= 11 is 0. The molecule has 2 atom stereocenters. The molecule has 1 aromatic heterocycles. The number of amides is 2. The van der Waals surface area contributed by atoms with Gasteiger partial charge in [-0.3, -0.25) is 9.59 Å². The quantitative estimate of drug-likeness (QED) is 0.603. The summed E-state index contributed by atoms with van der Waals surface area (Å²) in [6.07, 6.45) is 1.83. The van der Waals surface area contributed by atoms with Gasteiger partial charge < -0.3 is 20.8 Å². The van der Waals surface area contributed by atoms with Gasteiger partial charge in [0.05, 0.1) is 11.8 Å². The van der Waals surface area contributed by atoms with Crippen molar-refractivity contribution in [1.29, 1.82) is 0 Å². The van der Waals surface area contributed by atoms with E-state index in [1.807, 2.05) is 6.07 Å². The van der Waals surface area contributed by atoms with Crippen LogP contribution in [-0.4, -0.2) is 62.0 Å². The molecule has 4 N–H and O–H groups in total. The number of aromatic nitrogens is 2. The fourth-order valence-corrected chi connectivity index (χ4v) is 3.38. The fraction of sp³-hybridized carbons (Fsp3) is 0.409. The second kappa shape index (κ2) is 8.69. The molecule has 1 fully saturated rings. The summed E-state index contributed by atoms with van der Waals surface area (Å²) in [4.78, 5) is 25.2. The number of aliphatic hydroxyl groups excluding tert-OH is 1. The number of nitrogens with two attached hydrogens (primary N) is 1. The minimum absolute atomic E-state index is 0.160. The SMILES string of the molecule is C[C@H](O)CCCc1cc(C(N)=O)nn1-c1cccc(C#C[C@]2(O)CCN(C)C2=O)c1. The van der Waals surface area contributed by atoms with Crippen molar-refractivity contribution in [3.05, 3.63) is 47.3 Å². The number of aliphatic hydroxyl groups is 2. The summed E-state index contributed by atoms with van der Waals surface area (Å²) < 4.78 is 1.64. The Morgan fingerprint density at radius 1 is 1.40 bits per heavy atom. The highest BCUT2D eigenvalue weighted by Gasteiger charge is 2.42. The molecule has 1 aliphatic heterocycles. The molecule has 0 bridgehead atoms. The van der Waals surface area contributed by atoms with Crippen LogP contribution in [0.4, 0.5) is 0 Å². The first-order chi connectivity index (χ1) is 14.2. The first kappa shape index (κ1) is 21.6. The van der Waals surface area contributed by atoms with Crippen molar-refractivity contribution in [2.45, 2.75) is 44.3 Å². The highest BCUT2D eigenvalue weighted by atomic mass is 16.3. The van der Waals surface area contributed by atoms with E-state index < -0.39 is 23.5 Å². The lowest BCUT2D eigenvalue weighted by Gasteiger charge is -2.13. The minimum atomic E-state index is -1.66. The Morgan fingerprint density at radius 2 is 2.17 bits per heavy atom. The zero-order chi connectivity index (χ0) is 21.9. The second-order valence-corrected chi connectivity index (χ2v) is 7.68. The molecule has 1 aliphatic rings. The number of nitrogens with zero attached hydrogens (tertiary/aromatic N) is 3. The standard InChI is InChI=1S/C22H26N4O4/c1-15(27)5-3-7-18-14-19(20(23)28)24-26(18)17-8-4-6-16(13-17)9-10-22(30)11-12-25(2)21(22)29/h4,6,8,13-15,27,30H,3,5,7,11-12H2,1-2H3,(H2,23,28)/t15-,22-/m0/s1. The van der Waals surface area contributed by atoms with Gasteiger partial charge in [0, 0.05) is 31.3 Å². The number of primary amides is 1. The van der Waals surface area contributed by atoms with E-state index in [1.165, 1.54) is 4.90 Å². The highest BCUT2D eigenvalue weighted by molar-refractivity contribution is 5.91. The first-order valence-corrected chi connectivity index (χ1v) is 9.88. The van der Waals surface area contributed by atoms with E-state index in [2.05, 4.69) is 16.9 Å². The molecule has 0 unspecified atom stereocenters. The van der Waals surface area contributed by atoms with Crippen LogP contribution < -0.4 is 5.73 Å². The molecule has 1 saturated heterocycles. The maximum atomic E-state index is 12.1. The van der Waals surface area contributed by atoms with Gasteiger partial charge in [0.2, 0.25) is 5.60 Å². The molecule has 0 spiro atoms. The van der Waals surface area contributed by atoms with Crippen LogP contribution in [0.15, 0.2) is 30.3 Å². The summed E-state index contributed by atoms with van der Waals surface area (Å²) in [5.74, 6) is 4.57. The molecule has 30 heavy (non-hydrogen) atoms. The van der Waals surface area contributed by atoms with Crippen LogP contribution in [0.2, 0.25) is 0 Å². The third-order valence-electron chi connectivity index (χ3n) is 5.10. The number of hydrogen-bond acceptors (Lipinski definition) is 5. The molecule has 0 aliphatic carbocycles. The molecule has 2 aromatic rings. The number of likely N-dealkylation sites (tertiary alicyclic amines) is 1. The summed E-state index contributed by atoms with van der Waals surface area (Å²) in [5.41, 5.74) is 5.97. The van der Waals surface area contributed by atoms with Crippen molar-refractivity contribution in [2.75, 3.05) is 13.6 Å². The lowest BCUT2D eigenvalue weighted by molar-refractivity contribution is -0.137. The van der Waals surface area contributed by atoms with Crippen molar-refractivity contribution in [3.8, 4) is 17.5 Å². The predicted molar refractivity (Wildman–Crippen MR) is 111 cm³/mol. The summed E-state index contributed by atoms with van der Waals surface area (Å²) in [6.45, 7) is 2.19. The molecule has 0 radical (unpaired) electrons. The molecule has 2 heterocycles. The number of aryl methyl sites for hydroxylation is 1. The Kier molecular flexibility index (Phi) is 6.25. The van der Waals surface area contributed by atoms with E-state index in [-0.39, 0.29) is 12.1 Å². The summed E-state index contributed by atoms with van der Waals surface area (Å²) in [7, 11) is 1.63. The van der Waals surface area contributed by atoms with Crippen molar-refractivity contribution < 1.29 is 19.8 Å². The molecule has 2 amide bonds. The third kappa shape index (κ3) is 4.70. The Morgan fingerprint density at radius 3 is 2.80 bits per heavy atom. The van der Waals surface area contributed by atoms with E-state index in [9.17, 15) is 19.8 Å². The minimum Gasteiger partial charge on any atom is -0.393 e. The van der Waals surface area contributed by atoms with Crippen LogP contribution in [0.25, 0.3) is 5.69 Å². The molecule has 158 valence electrons. The molecular formula is C22H26N4O4. The van der Waals surface area contributed by atoms with Gasteiger partial charge in [-0.25, -0.2) is 4.68 Å². The van der Waals surface area contributed by atoms with Gasteiger partial charge in [0.1, 0.15) is 0 Å². The average Bonchev–Trinajstić information content (AvgIpc) is 3.24. The zero-order valence-electron chi connectivity index (χ0n) is 17.1. The lowest BCUT2D eigenvalue weighted by atomic mass is 10.0.